The predicted octanol–water partition coefficient (Wildman–Crippen LogP) is 3.08. The minimum absolute atomic E-state index is 0.0405. The first-order valence-corrected chi connectivity index (χ1v) is 8.96. The summed E-state index contributed by atoms with van der Waals surface area (Å²) in [4.78, 5) is 0. The van der Waals surface area contributed by atoms with Crippen LogP contribution in [0.25, 0.3) is 17.1 Å². The first kappa shape index (κ1) is 16.9. The maximum absolute atomic E-state index is 9.82. The molecule has 142 valence electrons. The van der Waals surface area contributed by atoms with Crippen LogP contribution in [0, 0.1) is 11.3 Å². The average Bonchev–Trinajstić information content (AvgIpc) is 3.47. The summed E-state index contributed by atoms with van der Waals surface area (Å²) in [6, 6.07) is 17.2. The summed E-state index contributed by atoms with van der Waals surface area (Å²) in [5.74, 6) is 0.522. The lowest BCUT2D eigenvalue weighted by Gasteiger charge is -2.23. The number of allylic oxidation sites excluding steroid dienone is 1. The van der Waals surface area contributed by atoms with Crippen molar-refractivity contribution in [1.29, 1.82) is 5.26 Å². The Kier molecular flexibility index (Phi) is 3.74. The van der Waals surface area contributed by atoms with Crippen LogP contribution in [0.4, 0.5) is 0 Å². The highest BCUT2D eigenvalue weighted by atomic mass is 16.5. The van der Waals surface area contributed by atoms with E-state index in [2.05, 4.69) is 11.2 Å². The van der Waals surface area contributed by atoms with E-state index >= 15 is 0 Å². The van der Waals surface area contributed by atoms with Gasteiger partial charge in [0.2, 0.25) is 11.8 Å². The van der Waals surface area contributed by atoms with Crippen LogP contribution in [0.3, 0.4) is 0 Å². The summed E-state index contributed by atoms with van der Waals surface area (Å²) < 4.78 is 14.9. The highest BCUT2D eigenvalue weighted by Crippen LogP contribution is 2.47. The van der Waals surface area contributed by atoms with Gasteiger partial charge in [-0.25, -0.2) is 0 Å². The lowest BCUT2D eigenvalue weighted by molar-refractivity contribution is 0.366. The molecule has 0 saturated carbocycles. The zero-order valence-electron chi connectivity index (χ0n) is 15.5. The van der Waals surface area contributed by atoms with E-state index in [1.54, 1.807) is 21.7 Å². The number of aryl methyl sites for hydroxylation is 1. The molecule has 8 heteroatoms. The van der Waals surface area contributed by atoms with Gasteiger partial charge in [0.25, 0.3) is 0 Å². The number of fused-ring (bicyclic) bond motifs is 1. The van der Waals surface area contributed by atoms with Crippen LogP contribution in [0.2, 0.25) is 0 Å². The quantitative estimate of drug-likeness (QED) is 0.581. The molecule has 29 heavy (non-hydrogen) atoms. The second kappa shape index (κ2) is 6.42. The van der Waals surface area contributed by atoms with Crippen molar-refractivity contribution >= 4 is 0 Å². The maximum atomic E-state index is 9.82. The third-order valence-electron chi connectivity index (χ3n) is 4.83. The summed E-state index contributed by atoms with van der Waals surface area (Å²) in [6.07, 6.45) is 3.40. The van der Waals surface area contributed by atoms with Crippen molar-refractivity contribution in [3.8, 4) is 29.1 Å². The van der Waals surface area contributed by atoms with E-state index in [1.807, 2.05) is 55.7 Å². The Morgan fingerprint density at radius 1 is 1.10 bits per heavy atom. The SMILES string of the molecule is Cn1ccc(C2C(C#N)=C(N)Oc3c2c(-c2ccco2)nn3-c2ccccc2)n1. The van der Waals surface area contributed by atoms with Gasteiger partial charge < -0.3 is 14.9 Å². The molecule has 0 amide bonds. The highest BCUT2D eigenvalue weighted by molar-refractivity contribution is 5.68. The fourth-order valence-corrected chi connectivity index (χ4v) is 3.56. The number of ether oxygens (including phenoxy) is 1. The van der Waals surface area contributed by atoms with Crippen molar-refractivity contribution in [2.75, 3.05) is 0 Å². The summed E-state index contributed by atoms with van der Waals surface area (Å²) in [6.45, 7) is 0. The van der Waals surface area contributed by atoms with Crippen molar-refractivity contribution in [2.24, 2.45) is 12.8 Å². The van der Waals surface area contributed by atoms with Crippen LogP contribution in [0.5, 0.6) is 5.88 Å². The van der Waals surface area contributed by atoms with E-state index in [9.17, 15) is 5.26 Å². The number of rotatable bonds is 3. The number of nitrogens with zero attached hydrogens (tertiary/aromatic N) is 5. The first-order valence-electron chi connectivity index (χ1n) is 8.96. The number of furan rings is 1. The number of nitrogens with two attached hydrogens (primary N) is 1. The normalized spacial score (nSPS) is 15.7. The number of aromatic nitrogens is 4. The second-order valence-electron chi connectivity index (χ2n) is 6.63. The van der Waals surface area contributed by atoms with Crippen LogP contribution in [0.15, 0.2) is 76.9 Å². The summed E-state index contributed by atoms with van der Waals surface area (Å²) in [7, 11) is 1.82. The van der Waals surface area contributed by atoms with Gasteiger partial charge in [0.1, 0.15) is 17.3 Å². The topological polar surface area (TPSA) is 108 Å². The third-order valence-corrected chi connectivity index (χ3v) is 4.83. The minimum Gasteiger partial charge on any atom is -0.463 e. The first-order chi connectivity index (χ1) is 14.2. The summed E-state index contributed by atoms with van der Waals surface area (Å²) >= 11 is 0. The van der Waals surface area contributed by atoms with Gasteiger partial charge in [-0.2, -0.15) is 20.1 Å². The number of nitriles is 1. The standard InChI is InChI=1S/C21H16N6O2/c1-26-10-9-15(24-26)17-14(12-22)20(23)29-21-18(17)19(16-8-5-11-28-16)25-27(21)13-6-3-2-4-7-13/h2-11,17H,23H2,1H3. The van der Waals surface area contributed by atoms with Gasteiger partial charge in [-0.05, 0) is 30.3 Å². The Morgan fingerprint density at radius 2 is 1.93 bits per heavy atom. The molecule has 8 nitrogen and oxygen atoms in total. The fourth-order valence-electron chi connectivity index (χ4n) is 3.56. The van der Waals surface area contributed by atoms with Gasteiger partial charge in [0.05, 0.1) is 29.1 Å². The second-order valence-corrected chi connectivity index (χ2v) is 6.63. The van der Waals surface area contributed by atoms with Crippen LogP contribution in [-0.4, -0.2) is 19.6 Å². The van der Waals surface area contributed by atoms with E-state index in [4.69, 9.17) is 20.0 Å². The molecular formula is C21H16N6O2. The Balaban J connectivity index is 1.83. The van der Waals surface area contributed by atoms with Crippen molar-refractivity contribution in [2.45, 2.75) is 5.92 Å². The average molecular weight is 384 g/mol. The smallest absolute Gasteiger partial charge is 0.229 e. The molecule has 1 aromatic carbocycles. The highest BCUT2D eigenvalue weighted by Gasteiger charge is 2.39. The Bertz CT molecular complexity index is 1260. The van der Waals surface area contributed by atoms with Crippen LogP contribution in [0.1, 0.15) is 17.2 Å². The van der Waals surface area contributed by atoms with E-state index in [-0.39, 0.29) is 11.5 Å². The molecule has 1 aliphatic rings. The Hall–Kier alpha value is -4.25. The van der Waals surface area contributed by atoms with Crippen molar-refractivity contribution < 1.29 is 9.15 Å². The summed E-state index contributed by atoms with van der Waals surface area (Å²) in [5, 5.41) is 19.1. The fraction of sp³-hybridized carbons (Fsp3) is 0.0952. The van der Waals surface area contributed by atoms with Gasteiger partial charge in [0.15, 0.2) is 5.76 Å². The van der Waals surface area contributed by atoms with E-state index in [0.29, 0.717) is 28.6 Å². The van der Waals surface area contributed by atoms with Crippen LogP contribution < -0.4 is 10.5 Å². The number of hydrogen-bond acceptors (Lipinski definition) is 6. The monoisotopic (exact) mass is 384 g/mol. The molecule has 0 bridgehead atoms. The van der Waals surface area contributed by atoms with Crippen LogP contribution >= 0.6 is 0 Å². The van der Waals surface area contributed by atoms with Crippen molar-refractivity contribution in [1.82, 2.24) is 19.6 Å². The predicted molar refractivity (Wildman–Crippen MR) is 104 cm³/mol. The van der Waals surface area contributed by atoms with Crippen molar-refractivity contribution in [3.05, 3.63) is 83.7 Å². The number of hydrogen-bond donors (Lipinski definition) is 1. The zero-order valence-corrected chi connectivity index (χ0v) is 15.5. The van der Waals surface area contributed by atoms with Gasteiger partial charge in [0, 0.05) is 13.2 Å². The lowest BCUT2D eigenvalue weighted by Crippen LogP contribution is -2.22. The molecule has 0 saturated heterocycles. The molecule has 0 radical (unpaired) electrons. The molecule has 0 spiro atoms. The molecule has 1 atom stereocenters. The Morgan fingerprint density at radius 3 is 2.59 bits per heavy atom. The largest absolute Gasteiger partial charge is 0.463 e. The molecule has 4 aromatic rings. The third kappa shape index (κ3) is 2.60. The molecule has 0 fully saturated rings. The Labute approximate surface area is 166 Å². The molecule has 2 N–H and O–H groups in total. The van der Waals surface area contributed by atoms with Gasteiger partial charge in [-0.3, -0.25) is 4.68 Å². The lowest BCUT2D eigenvalue weighted by atomic mass is 9.87. The van der Waals surface area contributed by atoms with E-state index in [1.165, 1.54) is 0 Å². The number of benzene rings is 1. The number of para-hydroxylation sites is 1. The minimum atomic E-state index is -0.525. The van der Waals surface area contributed by atoms with E-state index in [0.717, 1.165) is 5.69 Å². The molecule has 5 rings (SSSR count). The molecule has 1 aliphatic heterocycles. The maximum Gasteiger partial charge on any atom is 0.229 e. The molecule has 0 aliphatic carbocycles. The van der Waals surface area contributed by atoms with E-state index < -0.39 is 5.92 Å². The van der Waals surface area contributed by atoms with Gasteiger partial charge in [-0.15, -0.1) is 0 Å². The molecule has 3 aromatic heterocycles. The van der Waals surface area contributed by atoms with Gasteiger partial charge in [-0.1, -0.05) is 18.2 Å². The zero-order chi connectivity index (χ0) is 20.0. The van der Waals surface area contributed by atoms with Gasteiger partial charge >= 0.3 is 0 Å². The van der Waals surface area contributed by atoms with Crippen LogP contribution in [-0.2, 0) is 7.05 Å². The summed E-state index contributed by atoms with van der Waals surface area (Å²) in [5.41, 5.74) is 9.18. The molecule has 1 unspecified atom stereocenters. The molecule has 4 heterocycles. The van der Waals surface area contributed by atoms with Crippen molar-refractivity contribution in [3.63, 3.8) is 0 Å². The molecular weight excluding hydrogens is 368 g/mol.